The average Bonchev–Trinajstić information content (AvgIpc) is 2.89. The third kappa shape index (κ3) is 7.22. The van der Waals surface area contributed by atoms with E-state index in [2.05, 4.69) is 21.1 Å². The molecule has 0 aliphatic heterocycles. The van der Waals surface area contributed by atoms with Crippen LogP contribution in [0.2, 0.25) is 0 Å². The molecule has 0 saturated carbocycles. The topological polar surface area (TPSA) is 151 Å². The lowest BCUT2D eigenvalue weighted by molar-refractivity contribution is -0.123. The molecule has 11 heteroatoms. The summed E-state index contributed by atoms with van der Waals surface area (Å²) in [4.78, 5) is 24.2. The molecule has 0 spiro atoms. The van der Waals surface area contributed by atoms with Crippen LogP contribution in [0.15, 0.2) is 70.9 Å². The van der Waals surface area contributed by atoms with Gasteiger partial charge in [0.2, 0.25) is 0 Å². The van der Waals surface area contributed by atoms with Crippen molar-refractivity contribution in [2.75, 3.05) is 20.8 Å². The fraction of sp³-hybridized carbons (Fsp3) is 0.120. The zero-order valence-corrected chi connectivity index (χ0v) is 19.5. The summed E-state index contributed by atoms with van der Waals surface area (Å²) in [6.45, 7) is -0.290. The number of aromatic hydroxyl groups is 2. The molecule has 0 unspecified atom stereocenters. The molecule has 0 fully saturated rings. The number of nitrogens with one attached hydrogen (secondary N) is 2. The summed E-state index contributed by atoms with van der Waals surface area (Å²) in [5, 5.41) is 26.9. The van der Waals surface area contributed by atoms with Crippen molar-refractivity contribution in [3.05, 3.63) is 77.4 Å². The van der Waals surface area contributed by atoms with Crippen molar-refractivity contribution in [3.63, 3.8) is 0 Å². The van der Waals surface area contributed by atoms with Crippen LogP contribution in [-0.2, 0) is 4.79 Å². The Morgan fingerprint density at radius 3 is 1.86 bits per heavy atom. The highest BCUT2D eigenvalue weighted by molar-refractivity contribution is 5.95. The van der Waals surface area contributed by atoms with E-state index >= 15 is 0 Å². The third-order valence-corrected chi connectivity index (χ3v) is 4.68. The van der Waals surface area contributed by atoms with E-state index in [1.54, 1.807) is 36.4 Å². The Bertz CT molecular complexity index is 1270. The zero-order chi connectivity index (χ0) is 25.9. The standard InChI is InChI=1S/C25H24N4O7/c1-34-22-11-16(3-9-20(22)30)13-26-28-24(32)15-36-19-7-5-18(6-8-19)25(33)29-27-14-17-4-10-21(31)23(12-17)35-2/h3-14,30-31H,15H2,1-2H3,(H,28,32)(H,29,33)/b26-13+,27-14+. The van der Waals surface area contributed by atoms with Crippen LogP contribution in [0.25, 0.3) is 0 Å². The maximum atomic E-state index is 12.3. The van der Waals surface area contributed by atoms with E-state index in [9.17, 15) is 19.8 Å². The molecule has 0 aliphatic carbocycles. The van der Waals surface area contributed by atoms with Gasteiger partial charge in [0.1, 0.15) is 5.75 Å². The van der Waals surface area contributed by atoms with Gasteiger partial charge in [0.15, 0.2) is 29.6 Å². The lowest BCUT2D eigenvalue weighted by Crippen LogP contribution is -2.24. The van der Waals surface area contributed by atoms with Gasteiger partial charge in [-0.3, -0.25) is 9.59 Å². The number of carbonyl (C=O) groups excluding carboxylic acids is 2. The Morgan fingerprint density at radius 2 is 1.33 bits per heavy atom. The summed E-state index contributed by atoms with van der Waals surface area (Å²) in [5.41, 5.74) is 6.31. The molecule has 0 radical (unpaired) electrons. The number of ether oxygens (including phenoxy) is 3. The number of phenolic OH excluding ortho intramolecular Hbond substituents is 2. The molecule has 3 aromatic carbocycles. The molecule has 3 rings (SSSR count). The Hall–Kier alpha value is -5.06. The molecule has 0 heterocycles. The molecule has 11 nitrogen and oxygen atoms in total. The van der Waals surface area contributed by atoms with Crippen LogP contribution in [0.5, 0.6) is 28.7 Å². The molecule has 4 N–H and O–H groups in total. The largest absolute Gasteiger partial charge is 0.504 e. The number of methoxy groups -OCH3 is 2. The average molecular weight is 492 g/mol. The van der Waals surface area contributed by atoms with Gasteiger partial charge in [0.25, 0.3) is 11.8 Å². The zero-order valence-electron chi connectivity index (χ0n) is 19.5. The molecule has 36 heavy (non-hydrogen) atoms. The molecule has 0 saturated heterocycles. The first-order valence-electron chi connectivity index (χ1n) is 10.5. The molecular weight excluding hydrogens is 468 g/mol. The van der Waals surface area contributed by atoms with Crippen molar-refractivity contribution < 1.29 is 34.0 Å². The van der Waals surface area contributed by atoms with E-state index < -0.39 is 11.8 Å². The highest BCUT2D eigenvalue weighted by Gasteiger charge is 2.07. The van der Waals surface area contributed by atoms with Crippen LogP contribution in [0.1, 0.15) is 21.5 Å². The molecule has 0 bridgehead atoms. The van der Waals surface area contributed by atoms with Crippen LogP contribution < -0.4 is 25.1 Å². The minimum Gasteiger partial charge on any atom is -0.504 e. The second kappa shape index (κ2) is 12.4. The van der Waals surface area contributed by atoms with Crippen molar-refractivity contribution in [1.29, 1.82) is 0 Å². The van der Waals surface area contributed by atoms with Crippen LogP contribution in [-0.4, -0.2) is 55.3 Å². The Balaban J connectivity index is 1.45. The van der Waals surface area contributed by atoms with E-state index in [0.29, 0.717) is 28.2 Å². The SMILES string of the molecule is COc1cc(/C=N/NC(=O)COc2ccc(C(=O)N/N=C/c3ccc(O)c(OC)c3)cc2)ccc1O. The number of hydrogen-bond donors (Lipinski definition) is 4. The van der Waals surface area contributed by atoms with E-state index in [0.717, 1.165) is 0 Å². The first-order valence-corrected chi connectivity index (χ1v) is 10.5. The van der Waals surface area contributed by atoms with Gasteiger partial charge in [-0.05, 0) is 71.8 Å². The van der Waals surface area contributed by atoms with Gasteiger partial charge in [-0.25, -0.2) is 10.9 Å². The van der Waals surface area contributed by atoms with Crippen molar-refractivity contribution in [1.82, 2.24) is 10.9 Å². The summed E-state index contributed by atoms with van der Waals surface area (Å²) in [6, 6.07) is 15.4. The number of benzene rings is 3. The van der Waals surface area contributed by atoms with Crippen molar-refractivity contribution in [2.24, 2.45) is 10.2 Å². The fourth-order valence-electron chi connectivity index (χ4n) is 2.84. The van der Waals surface area contributed by atoms with Crippen LogP contribution in [0, 0.1) is 0 Å². The lowest BCUT2D eigenvalue weighted by atomic mass is 10.2. The van der Waals surface area contributed by atoms with Gasteiger partial charge in [0, 0.05) is 5.56 Å². The van der Waals surface area contributed by atoms with Gasteiger partial charge < -0.3 is 24.4 Å². The van der Waals surface area contributed by atoms with Crippen LogP contribution in [0.4, 0.5) is 0 Å². The molecule has 0 atom stereocenters. The van der Waals surface area contributed by atoms with Gasteiger partial charge in [0.05, 0.1) is 26.6 Å². The molecule has 0 aliphatic rings. The predicted molar refractivity (Wildman–Crippen MR) is 132 cm³/mol. The van der Waals surface area contributed by atoms with E-state index in [-0.39, 0.29) is 23.9 Å². The molecule has 186 valence electrons. The number of nitrogens with zero attached hydrogens (tertiary/aromatic N) is 2. The highest BCUT2D eigenvalue weighted by Crippen LogP contribution is 2.26. The first-order chi connectivity index (χ1) is 17.4. The Kier molecular flexibility index (Phi) is 8.82. The summed E-state index contributed by atoms with van der Waals surface area (Å²) in [5.74, 6) is 0.0313. The number of phenols is 2. The number of hydrazone groups is 2. The van der Waals surface area contributed by atoms with Crippen molar-refractivity contribution >= 4 is 24.2 Å². The molecule has 3 aromatic rings. The van der Waals surface area contributed by atoms with Gasteiger partial charge in [-0.15, -0.1) is 0 Å². The third-order valence-electron chi connectivity index (χ3n) is 4.68. The summed E-state index contributed by atoms with van der Waals surface area (Å²) in [6.07, 6.45) is 2.81. The Labute approximate surface area is 206 Å². The van der Waals surface area contributed by atoms with Crippen molar-refractivity contribution in [2.45, 2.75) is 0 Å². The summed E-state index contributed by atoms with van der Waals surface area (Å²) in [7, 11) is 2.86. The molecule has 2 amide bonds. The van der Waals surface area contributed by atoms with E-state index in [1.807, 2.05) is 0 Å². The highest BCUT2D eigenvalue weighted by atomic mass is 16.5. The molecular formula is C25H24N4O7. The second-order valence-corrected chi connectivity index (χ2v) is 7.17. The minimum absolute atomic E-state index is 0.00123. The number of carbonyl (C=O) groups is 2. The Morgan fingerprint density at radius 1 is 0.806 bits per heavy atom. The monoisotopic (exact) mass is 492 g/mol. The smallest absolute Gasteiger partial charge is 0.277 e. The number of rotatable bonds is 10. The fourth-order valence-corrected chi connectivity index (χ4v) is 2.84. The maximum Gasteiger partial charge on any atom is 0.277 e. The van der Waals surface area contributed by atoms with E-state index in [1.165, 1.54) is 50.9 Å². The van der Waals surface area contributed by atoms with Crippen molar-refractivity contribution in [3.8, 4) is 28.7 Å². The quantitative estimate of drug-likeness (QED) is 0.251. The normalized spacial score (nSPS) is 10.8. The van der Waals surface area contributed by atoms with Gasteiger partial charge in [-0.2, -0.15) is 10.2 Å². The second-order valence-electron chi connectivity index (χ2n) is 7.17. The van der Waals surface area contributed by atoms with Gasteiger partial charge >= 0.3 is 0 Å². The summed E-state index contributed by atoms with van der Waals surface area (Å²) >= 11 is 0. The van der Waals surface area contributed by atoms with E-state index in [4.69, 9.17) is 14.2 Å². The summed E-state index contributed by atoms with van der Waals surface area (Å²) < 4.78 is 15.4. The first kappa shape index (κ1) is 25.6. The lowest BCUT2D eigenvalue weighted by Gasteiger charge is -2.06. The molecule has 0 aromatic heterocycles. The maximum absolute atomic E-state index is 12.3. The van der Waals surface area contributed by atoms with Crippen LogP contribution in [0.3, 0.4) is 0 Å². The van der Waals surface area contributed by atoms with Gasteiger partial charge in [-0.1, -0.05) is 0 Å². The number of hydrogen-bond acceptors (Lipinski definition) is 9. The minimum atomic E-state index is -0.487. The van der Waals surface area contributed by atoms with Crippen LogP contribution >= 0.6 is 0 Å². The number of amides is 2. The predicted octanol–water partition coefficient (Wildman–Crippen LogP) is 2.41.